The van der Waals surface area contributed by atoms with E-state index in [0.29, 0.717) is 34.7 Å². The van der Waals surface area contributed by atoms with Gasteiger partial charge in [0.25, 0.3) is 0 Å². The fraction of sp³-hybridized carbons (Fsp3) is 0.667. The summed E-state index contributed by atoms with van der Waals surface area (Å²) >= 11 is 0. The summed E-state index contributed by atoms with van der Waals surface area (Å²) in [5, 5.41) is 4.01. The van der Waals surface area contributed by atoms with E-state index in [1.165, 1.54) is 44.6 Å². The normalized spacial score (nSPS) is 21.1. The van der Waals surface area contributed by atoms with Crippen molar-refractivity contribution in [3.05, 3.63) is 46.8 Å². The van der Waals surface area contributed by atoms with Crippen molar-refractivity contribution < 1.29 is 18.0 Å². The lowest BCUT2D eigenvalue weighted by atomic mass is 9.71. The van der Waals surface area contributed by atoms with Crippen LogP contribution in [0.5, 0.6) is 0 Å². The molecule has 2 aliphatic heterocycles. The molecular formula is C39H57F3N4O. The quantitative estimate of drug-likeness (QED) is 0.194. The van der Waals surface area contributed by atoms with Crippen LogP contribution in [0.2, 0.25) is 0 Å². The second-order valence-electron chi connectivity index (χ2n) is 14.1. The summed E-state index contributed by atoms with van der Waals surface area (Å²) in [6.07, 6.45) is 12.8. The van der Waals surface area contributed by atoms with Crippen molar-refractivity contribution in [3.8, 4) is 0 Å². The van der Waals surface area contributed by atoms with E-state index in [0.717, 1.165) is 106 Å². The Bertz CT molecular complexity index is 1430. The van der Waals surface area contributed by atoms with E-state index in [1.807, 2.05) is 32.1 Å². The van der Waals surface area contributed by atoms with Gasteiger partial charge in [0, 0.05) is 72.2 Å². The third-order valence-electron chi connectivity index (χ3n) is 11.0. The number of carbonyl (C=O) groups is 1. The summed E-state index contributed by atoms with van der Waals surface area (Å²) in [7, 11) is 0. The minimum atomic E-state index is -4.43. The van der Waals surface area contributed by atoms with Gasteiger partial charge in [-0.25, -0.2) is 0 Å². The molecule has 0 spiro atoms. The predicted octanol–water partition coefficient (Wildman–Crippen LogP) is 9.88. The van der Waals surface area contributed by atoms with E-state index in [-0.39, 0.29) is 0 Å². The molecule has 1 saturated heterocycles. The van der Waals surface area contributed by atoms with E-state index >= 15 is 0 Å². The maximum absolute atomic E-state index is 14.4. The molecule has 2 aromatic rings. The zero-order valence-electron chi connectivity index (χ0n) is 29.3. The summed E-state index contributed by atoms with van der Waals surface area (Å²) in [6.45, 7) is 14.1. The second kappa shape index (κ2) is 16.1. The Labute approximate surface area is 280 Å². The molecule has 260 valence electrons. The highest BCUT2D eigenvalue weighted by atomic mass is 19.4. The maximum Gasteiger partial charge on any atom is 0.417 e. The van der Waals surface area contributed by atoms with E-state index in [4.69, 9.17) is 0 Å². The number of rotatable bonds is 15. The predicted molar refractivity (Wildman–Crippen MR) is 189 cm³/mol. The highest BCUT2D eigenvalue weighted by Crippen LogP contribution is 2.47. The zero-order chi connectivity index (χ0) is 33.6. The number of nitrogens with zero attached hydrogens (tertiary/aromatic N) is 3. The van der Waals surface area contributed by atoms with Crippen molar-refractivity contribution in [3.63, 3.8) is 0 Å². The lowest BCUT2D eigenvalue weighted by Crippen LogP contribution is -2.52. The van der Waals surface area contributed by atoms with E-state index in [2.05, 4.69) is 33.5 Å². The third kappa shape index (κ3) is 8.12. The molecule has 1 aromatic heterocycles. The number of anilines is 1. The van der Waals surface area contributed by atoms with Crippen molar-refractivity contribution in [1.82, 2.24) is 14.4 Å². The van der Waals surface area contributed by atoms with Gasteiger partial charge in [-0.15, -0.1) is 0 Å². The molecular weight excluding hydrogens is 597 g/mol. The lowest BCUT2D eigenvalue weighted by molar-refractivity contribution is -0.143. The molecule has 1 aromatic carbocycles. The molecule has 8 heteroatoms. The summed E-state index contributed by atoms with van der Waals surface area (Å²) in [6, 6.07) is 3.85. The maximum atomic E-state index is 14.4. The molecule has 0 radical (unpaired) electrons. The molecule has 0 bridgehead atoms. The first kappa shape index (κ1) is 35.6. The van der Waals surface area contributed by atoms with Gasteiger partial charge in [-0.05, 0) is 81.7 Å². The topological polar surface area (TPSA) is 40.5 Å². The van der Waals surface area contributed by atoms with Gasteiger partial charge in [0.1, 0.15) is 0 Å². The number of allylic oxidation sites excluding steroid dienone is 3. The van der Waals surface area contributed by atoms with Crippen LogP contribution in [-0.2, 0) is 17.8 Å². The highest BCUT2D eigenvalue weighted by molar-refractivity contribution is 6.04. The van der Waals surface area contributed by atoms with Crippen LogP contribution in [0.4, 0.5) is 18.9 Å². The van der Waals surface area contributed by atoms with Gasteiger partial charge in [-0.3, -0.25) is 9.69 Å². The number of nitrogens with one attached hydrogen (secondary N) is 1. The Balaban J connectivity index is 1.07. The second-order valence-corrected chi connectivity index (χ2v) is 14.1. The number of carbonyl (C=O) groups excluding carboxylic acids is 1. The Kier molecular flexibility index (Phi) is 12.2. The number of alkyl halides is 3. The monoisotopic (exact) mass is 654 g/mol. The summed E-state index contributed by atoms with van der Waals surface area (Å²) < 4.78 is 45.5. The number of aryl methyl sites for hydroxylation is 2. The van der Waals surface area contributed by atoms with Crippen molar-refractivity contribution in [2.24, 2.45) is 11.8 Å². The number of unbranched alkanes of at least 4 members (excludes halogenated alkanes) is 7. The van der Waals surface area contributed by atoms with Gasteiger partial charge in [-0.2, -0.15) is 13.2 Å². The van der Waals surface area contributed by atoms with Crippen LogP contribution in [0.15, 0.2) is 30.0 Å². The van der Waals surface area contributed by atoms with Gasteiger partial charge in [0.15, 0.2) is 0 Å². The average molecular weight is 655 g/mol. The standard InChI is InChI=1S/C39H57F3N4O/c1-5-8-16-30-27-32(39(40,41)42)37-33(43-30)19-20-35-36(37)28(4)34(7-3)46(35)22-15-13-11-9-10-12-14-21-44-23-25-45(26-24-44)38(47)31-18-17-29(31)6-2/h16,19-20,27,29,31,43H,5-15,17-18,21-26H2,1-4H3/b30-16-/t29-,31+/m0/s1. The van der Waals surface area contributed by atoms with Crippen LogP contribution in [-0.4, -0.2) is 59.2 Å². The van der Waals surface area contributed by atoms with Crippen molar-refractivity contribution in [2.75, 3.05) is 38.0 Å². The summed E-state index contributed by atoms with van der Waals surface area (Å²) in [4.78, 5) is 17.5. The van der Waals surface area contributed by atoms with Crippen molar-refractivity contribution in [2.45, 2.75) is 124 Å². The summed E-state index contributed by atoms with van der Waals surface area (Å²) in [5.74, 6) is 1.32. The smallest absolute Gasteiger partial charge is 0.355 e. The first-order valence-corrected chi connectivity index (χ1v) is 18.6. The molecule has 1 N–H and O–H groups in total. The molecule has 1 amide bonds. The Morgan fingerprint density at radius 1 is 0.936 bits per heavy atom. The SMILES string of the molecule is CCC/C=C1/C=C(C(F)(F)F)c2c(ccc3c2c(C)c(CC)n3CCCCCCCCCN2CCN(C(=O)[C@@H]3CC[C@@H]3CC)CC2)N1. The molecule has 2 atom stereocenters. The number of fused-ring (bicyclic) bond motifs is 3. The van der Waals surface area contributed by atoms with Gasteiger partial charge in [0.2, 0.25) is 5.91 Å². The molecule has 5 nitrogen and oxygen atoms in total. The molecule has 3 aliphatic rings. The number of halogens is 3. The highest BCUT2D eigenvalue weighted by Gasteiger charge is 2.40. The first-order chi connectivity index (χ1) is 22.7. The fourth-order valence-corrected chi connectivity index (χ4v) is 8.13. The molecule has 0 unspecified atom stereocenters. The van der Waals surface area contributed by atoms with E-state index < -0.39 is 11.7 Å². The number of piperazine rings is 1. The number of benzene rings is 1. The van der Waals surface area contributed by atoms with Gasteiger partial charge < -0.3 is 14.8 Å². The van der Waals surface area contributed by atoms with Crippen molar-refractivity contribution >= 4 is 28.1 Å². The van der Waals surface area contributed by atoms with E-state index in [9.17, 15) is 18.0 Å². The number of hydrogen-bond acceptors (Lipinski definition) is 3. The first-order valence-electron chi connectivity index (χ1n) is 18.6. The number of aromatic nitrogens is 1. The average Bonchev–Trinajstić information content (AvgIpc) is 3.32. The van der Waals surface area contributed by atoms with Crippen LogP contribution in [0.25, 0.3) is 16.5 Å². The van der Waals surface area contributed by atoms with Crippen LogP contribution >= 0.6 is 0 Å². The van der Waals surface area contributed by atoms with Crippen LogP contribution in [0.1, 0.15) is 115 Å². The minimum Gasteiger partial charge on any atom is -0.355 e. The van der Waals surface area contributed by atoms with Gasteiger partial charge in [0.05, 0.1) is 5.57 Å². The lowest BCUT2D eigenvalue weighted by Gasteiger charge is -2.41. The van der Waals surface area contributed by atoms with Crippen LogP contribution in [0, 0.1) is 18.8 Å². The Hall–Kier alpha value is -2.74. The third-order valence-corrected chi connectivity index (χ3v) is 11.0. The van der Waals surface area contributed by atoms with Crippen LogP contribution < -0.4 is 5.32 Å². The zero-order valence-corrected chi connectivity index (χ0v) is 29.3. The molecule has 1 aliphatic carbocycles. The number of amides is 1. The minimum absolute atomic E-state index is 0.292. The molecule has 3 heterocycles. The Morgan fingerprint density at radius 3 is 2.21 bits per heavy atom. The number of hydrogen-bond donors (Lipinski definition) is 1. The van der Waals surface area contributed by atoms with Gasteiger partial charge >= 0.3 is 6.18 Å². The molecule has 1 saturated carbocycles. The summed E-state index contributed by atoms with van der Waals surface area (Å²) in [5.41, 5.74) is 3.84. The van der Waals surface area contributed by atoms with Crippen molar-refractivity contribution in [1.29, 1.82) is 0 Å². The van der Waals surface area contributed by atoms with E-state index in [1.54, 1.807) is 0 Å². The van der Waals surface area contributed by atoms with Gasteiger partial charge in [-0.1, -0.05) is 71.8 Å². The fourth-order valence-electron chi connectivity index (χ4n) is 8.13. The largest absolute Gasteiger partial charge is 0.417 e. The molecule has 2 fully saturated rings. The molecule has 47 heavy (non-hydrogen) atoms. The molecule has 5 rings (SSSR count). The Morgan fingerprint density at radius 2 is 1.62 bits per heavy atom. The van der Waals surface area contributed by atoms with Crippen LogP contribution in [0.3, 0.4) is 0 Å².